The number of benzene rings is 1. The molecule has 2 unspecified atom stereocenters. The topological polar surface area (TPSA) is 44.7 Å². The van der Waals surface area contributed by atoms with E-state index in [2.05, 4.69) is 17.1 Å². The summed E-state index contributed by atoms with van der Waals surface area (Å²) in [7, 11) is 4.05. The molecule has 0 amide bonds. The van der Waals surface area contributed by atoms with Crippen LogP contribution < -0.4 is 10.1 Å². The third-order valence-corrected chi connectivity index (χ3v) is 2.92. The quantitative estimate of drug-likeness (QED) is 0.762. The number of rotatable bonds is 8. The van der Waals surface area contributed by atoms with Gasteiger partial charge in [-0.2, -0.15) is 0 Å². The van der Waals surface area contributed by atoms with Crippen LogP contribution in [0.3, 0.4) is 0 Å². The lowest BCUT2D eigenvalue weighted by Crippen LogP contribution is -2.41. The van der Waals surface area contributed by atoms with Crippen LogP contribution >= 0.6 is 11.6 Å². The molecule has 1 aromatic rings. The summed E-state index contributed by atoms with van der Waals surface area (Å²) >= 11 is 5.96. The first kappa shape index (κ1) is 16.2. The molecule has 2 N–H and O–H groups in total. The molecule has 0 bridgehead atoms. The largest absolute Gasteiger partial charge is 0.489 e. The van der Waals surface area contributed by atoms with Crippen molar-refractivity contribution in [3.63, 3.8) is 0 Å². The van der Waals surface area contributed by atoms with E-state index in [1.807, 2.05) is 26.2 Å². The molecule has 0 aliphatic heterocycles. The fourth-order valence-electron chi connectivity index (χ4n) is 1.76. The maximum Gasteiger partial charge on any atom is 0.138 e. The molecular weight excluding hydrogens is 264 g/mol. The van der Waals surface area contributed by atoms with Crippen LogP contribution in [-0.4, -0.2) is 55.9 Å². The molecule has 0 radical (unpaired) electrons. The Labute approximate surface area is 120 Å². The molecule has 0 aliphatic carbocycles. The van der Waals surface area contributed by atoms with Gasteiger partial charge in [-0.3, -0.25) is 0 Å². The summed E-state index contributed by atoms with van der Waals surface area (Å²) in [6.07, 6.45) is -0.555. The average Bonchev–Trinajstić information content (AvgIpc) is 2.34. The van der Waals surface area contributed by atoms with Crippen molar-refractivity contribution in [2.75, 3.05) is 33.8 Å². The Morgan fingerprint density at radius 1 is 1.37 bits per heavy atom. The Bertz CT molecular complexity index is 374. The third-order valence-electron chi connectivity index (χ3n) is 2.61. The number of para-hydroxylation sites is 1. The van der Waals surface area contributed by atoms with E-state index in [0.29, 0.717) is 23.4 Å². The Morgan fingerprint density at radius 2 is 2.05 bits per heavy atom. The Kier molecular flexibility index (Phi) is 7.16. The maximum absolute atomic E-state index is 9.84. The van der Waals surface area contributed by atoms with Crippen molar-refractivity contribution >= 4 is 11.6 Å². The van der Waals surface area contributed by atoms with Crippen LogP contribution in [0.2, 0.25) is 5.02 Å². The van der Waals surface area contributed by atoms with Crippen molar-refractivity contribution in [1.29, 1.82) is 0 Å². The SMILES string of the molecule is CC(CN(C)C)NCC(O)COc1ccccc1Cl. The Balaban J connectivity index is 2.25. The maximum atomic E-state index is 9.84. The second-order valence-electron chi connectivity index (χ2n) is 4.97. The van der Waals surface area contributed by atoms with Gasteiger partial charge in [0.05, 0.1) is 5.02 Å². The van der Waals surface area contributed by atoms with E-state index in [9.17, 15) is 5.11 Å². The molecule has 0 spiro atoms. The van der Waals surface area contributed by atoms with E-state index in [1.54, 1.807) is 12.1 Å². The molecule has 1 rings (SSSR count). The molecule has 2 atom stereocenters. The van der Waals surface area contributed by atoms with Crippen molar-refractivity contribution in [2.45, 2.75) is 19.1 Å². The zero-order valence-electron chi connectivity index (χ0n) is 11.8. The van der Waals surface area contributed by atoms with E-state index < -0.39 is 6.10 Å². The lowest BCUT2D eigenvalue weighted by molar-refractivity contribution is 0.103. The fourth-order valence-corrected chi connectivity index (χ4v) is 1.95. The molecule has 1 aromatic carbocycles. The van der Waals surface area contributed by atoms with Crippen molar-refractivity contribution in [3.8, 4) is 5.75 Å². The van der Waals surface area contributed by atoms with Crippen LogP contribution in [0.1, 0.15) is 6.92 Å². The molecule has 0 fully saturated rings. The second kappa shape index (κ2) is 8.38. The summed E-state index contributed by atoms with van der Waals surface area (Å²) in [5.74, 6) is 0.601. The molecule has 0 aliphatic rings. The molecule has 5 heteroatoms. The number of halogens is 1. The summed E-state index contributed by atoms with van der Waals surface area (Å²) in [4.78, 5) is 2.10. The second-order valence-corrected chi connectivity index (χ2v) is 5.37. The summed E-state index contributed by atoms with van der Waals surface area (Å²) in [5.41, 5.74) is 0. The minimum absolute atomic E-state index is 0.228. The molecule has 0 saturated heterocycles. The van der Waals surface area contributed by atoms with Gasteiger partial charge in [0.15, 0.2) is 0 Å². The van der Waals surface area contributed by atoms with Gasteiger partial charge in [0.1, 0.15) is 18.5 Å². The smallest absolute Gasteiger partial charge is 0.138 e. The minimum Gasteiger partial charge on any atom is -0.489 e. The van der Waals surface area contributed by atoms with Gasteiger partial charge in [0.25, 0.3) is 0 Å². The van der Waals surface area contributed by atoms with Crippen LogP contribution in [-0.2, 0) is 0 Å². The summed E-state index contributed by atoms with van der Waals surface area (Å²) in [6.45, 7) is 3.74. The van der Waals surface area contributed by atoms with Gasteiger partial charge >= 0.3 is 0 Å². The molecule has 0 saturated carbocycles. The highest BCUT2D eigenvalue weighted by Gasteiger charge is 2.09. The van der Waals surface area contributed by atoms with Crippen molar-refractivity contribution in [3.05, 3.63) is 29.3 Å². The first-order valence-electron chi connectivity index (χ1n) is 6.42. The normalized spacial score (nSPS) is 14.4. The number of aliphatic hydroxyl groups excluding tert-OH is 1. The Morgan fingerprint density at radius 3 is 2.68 bits per heavy atom. The van der Waals surface area contributed by atoms with E-state index in [4.69, 9.17) is 16.3 Å². The van der Waals surface area contributed by atoms with Gasteiger partial charge in [0.2, 0.25) is 0 Å². The predicted molar refractivity (Wildman–Crippen MR) is 79.0 cm³/mol. The van der Waals surface area contributed by atoms with Gasteiger partial charge in [-0.1, -0.05) is 23.7 Å². The zero-order valence-corrected chi connectivity index (χ0v) is 12.5. The van der Waals surface area contributed by atoms with Gasteiger partial charge in [-0.25, -0.2) is 0 Å². The third kappa shape index (κ3) is 6.78. The number of aliphatic hydroxyl groups is 1. The highest BCUT2D eigenvalue weighted by molar-refractivity contribution is 6.32. The van der Waals surface area contributed by atoms with Crippen LogP contribution in [0.25, 0.3) is 0 Å². The van der Waals surface area contributed by atoms with Crippen LogP contribution in [0.5, 0.6) is 5.75 Å². The average molecular weight is 287 g/mol. The molecular formula is C14H23ClN2O2. The van der Waals surface area contributed by atoms with E-state index in [1.165, 1.54) is 0 Å². The number of nitrogens with zero attached hydrogens (tertiary/aromatic N) is 1. The first-order chi connectivity index (χ1) is 8.99. The van der Waals surface area contributed by atoms with E-state index in [-0.39, 0.29) is 6.61 Å². The monoisotopic (exact) mass is 286 g/mol. The van der Waals surface area contributed by atoms with E-state index >= 15 is 0 Å². The standard InChI is InChI=1S/C14H23ClN2O2/c1-11(9-17(2)3)16-8-12(18)10-19-14-7-5-4-6-13(14)15/h4-7,11-12,16,18H,8-10H2,1-3H3. The molecule has 4 nitrogen and oxygen atoms in total. The summed E-state index contributed by atoms with van der Waals surface area (Å²) < 4.78 is 5.48. The summed E-state index contributed by atoms with van der Waals surface area (Å²) in [5, 5.41) is 13.7. The van der Waals surface area contributed by atoms with Crippen LogP contribution in [0.4, 0.5) is 0 Å². The zero-order chi connectivity index (χ0) is 14.3. The first-order valence-corrected chi connectivity index (χ1v) is 6.80. The Hall–Kier alpha value is -0.810. The van der Waals surface area contributed by atoms with Crippen molar-refractivity contribution < 1.29 is 9.84 Å². The molecule has 0 aromatic heterocycles. The van der Waals surface area contributed by atoms with Crippen LogP contribution in [0, 0.1) is 0 Å². The molecule has 19 heavy (non-hydrogen) atoms. The van der Waals surface area contributed by atoms with Crippen molar-refractivity contribution in [2.24, 2.45) is 0 Å². The number of ether oxygens (including phenoxy) is 1. The highest BCUT2D eigenvalue weighted by atomic mass is 35.5. The van der Waals surface area contributed by atoms with E-state index in [0.717, 1.165) is 6.54 Å². The van der Waals surface area contributed by atoms with Gasteiger partial charge in [0, 0.05) is 19.1 Å². The number of hydrogen-bond acceptors (Lipinski definition) is 4. The number of hydrogen-bond donors (Lipinski definition) is 2. The van der Waals surface area contributed by atoms with Gasteiger partial charge < -0.3 is 20.1 Å². The molecule has 0 heterocycles. The lowest BCUT2D eigenvalue weighted by Gasteiger charge is -2.20. The fraction of sp³-hybridized carbons (Fsp3) is 0.571. The molecule has 108 valence electrons. The highest BCUT2D eigenvalue weighted by Crippen LogP contribution is 2.22. The number of nitrogens with one attached hydrogen (secondary N) is 1. The number of likely N-dealkylation sites (N-methyl/N-ethyl adjacent to an activating group) is 1. The lowest BCUT2D eigenvalue weighted by atomic mass is 10.3. The minimum atomic E-state index is -0.555. The van der Waals surface area contributed by atoms with Crippen LogP contribution in [0.15, 0.2) is 24.3 Å². The van der Waals surface area contributed by atoms with Gasteiger partial charge in [-0.05, 0) is 33.2 Å². The predicted octanol–water partition coefficient (Wildman–Crippen LogP) is 1.62. The summed E-state index contributed by atoms with van der Waals surface area (Å²) in [6, 6.07) is 7.57. The van der Waals surface area contributed by atoms with Gasteiger partial charge in [-0.15, -0.1) is 0 Å². The van der Waals surface area contributed by atoms with Crippen molar-refractivity contribution in [1.82, 2.24) is 10.2 Å².